The van der Waals surface area contributed by atoms with Crippen molar-refractivity contribution in [1.29, 1.82) is 0 Å². The van der Waals surface area contributed by atoms with Crippen LogP contribution in [-0.4, -0.2) is 18.3 Å². The van der Waals surface area contributed by atoms with Crippen molar-refractivity contribution in [3.05, 3.63) is 34.6 Å². The summed E-state index contributed by atoms with van der Waals surface area (Å²) >= 11 is 11.3. The third kappa shape index (κ3) is 4.83. The molecule has 0 bridgehead atoms. The van der Waals surface area contributed by atoms with Crippen molar-refractivity contribution in [3.63, 3.8) is 0 Å². The van der Waals surface area contributed by atoms with Crippen LogP contribution in [0.1, 0.15) is 30.1 Å². The fourth-order valence-electron chi connectivity index (χ4n) is 1.50. The third-order valence-electron chi connectivity index (χ3n) is 2.60. The molecule has 0 aliphatic carbocycles. The van der Waals surface area contributed by atoms with Crippen LogP contribution < -0.4 is 5.32 Å². The second-order valence-corrected chi connectivity index (χ2v) is 5.03. The molecule has 1 unspecified atom stereocenters. The first-order chi connectivity index (χ1) is 8.54. The van der Waals surface area contributed by atoms with E-state index in [2.05, 4.69) is 5.32 Å². The summed E-state index contributed by atoms with van der Waals surface area (Å²) in [5.41, 5.74) is 0.0183. The zero-order valence-corrected chi connectivity index (χ0v) is 11.7. The number of hydrogen-bond acceptors (Lipinski definition) is 1. The molecule has 18 heavy (non-hydrogen) atoms. The Bertz CT molecular complexity index is 412. The molecule has 1 N–H and O–H groups in total. The summed E-state index contributed by atoms with van der Waals surface area (Å²) in [7, 11) is 0. The molecule has 100 valence electrons. The Hall–Kier alpha value is -0.800. The molecule has 1 aromatic rings. The van der Waals surface area contributed by atoms with Gasteiger partial charge in [0.15, 0.2) is 0 Å². The van der Waals surface area contributed by atoms with Crippen molar-refractivity contribution in [3.8, 4) is 0 Å². The Balaban J connectivity index is 2.41. The molecule has 2 nitrogen and oxygen atoms in total. The molecule has 0 aromatic heterocycles. The molecule has 1 amide bonds. The van der Waals surface area contributed by atoms with Gasteiger partial charge in [0.05, 0.1) is 5.56 Å². The Labute approximate surface area is 116 Å². The smallest absolute Gasteiger partial charge is 0.254 e. The van der Waals surface area contributed by atoms with Crippen LogP contribution in [0.5, 0.6) is 0 Å². The molecule has 0 radical (unpaired) electrons. The van der Waals surface area contributed by atoms with Gasteiger partial charge in [-0.05, 0) is 37.0 Å². The van der Waals surface area contributed by atoms with Crippen LogP contribution in [-0.2, 0) is 0 Å². The Morgan fingerprint density at radius 3 is 2.83 bits per heavy atom. The first-order valence-electron chi connectivity index (χ1n) is 5.83. The highest BCUT2D eigenvalue weighted by molar-refractivity contribution is 6.30. The lowest BCUT2D eigenvalue weighted by molar-refractivity contribution is 0.0948. The Kier molecular flexibility index (Phi) is 6.44. The summed E-state index contributed by atoms with van der Waals surface area (Å²) in [5.74, 6) is 0.0207. The second-order valence-electron chi connectivity index (χ2n) is 4.28. The summed E-state index contributed by atoms with van der Waals surface area (Å²) < 4.78 is 13.4. The minimum atomic E-state index is -0.603. The van der Waals surface area contributed by atoms with E-state index in [1.54, 1.807) is 0 Å². The largest absolute Gasteiger partial charge is 0.352 e. The van der Waals surface area contributed by atoms with Crippen molar-refractivity contribution in [2.24, 2.45) is 5.92 Å². The number of nitrogens with one attached hydrogen (secondary N) is 1. The zero-order chi connectivity index (χ0) is 13.5. The number of benzene rings is 1. The van der Waals surface area contributed by atoms with E-state index in [9.17, 15) is 9.18 Å². The average molecular weight is 292 g/mol. The van der Waals surface area contributed by atoms with E-state index in [0.29, 0.717) is 18.3 Å². The van der Waals surface area contributed by atoms with Crippen LogP contribution in [0.4, 0.5) is 4.39 Å². The van der Waals surface area contributed by atoms with Crippen molar-refractivity contribution >= 4 is 29.1 Å². The number of hydrogen-bond donors (Lipinski definition) is 1. The molecule has 0 aliphatic rings. The topological polar surface area (TPSA) is 29.1 Å². The minimum Gasteiger partial charge on any atom is -0.352 e. The number of amides is 1. The lowest BCUT2D eigenvalue weighted by Gasteiger charge is -2.08. The normalized spacial score (nSPS) is 12.2. The van der Waals surface area contributed by atoms with E-state index in [4.69, 9.17) is 23.2 Å². The number of carbonyl (C=O) groups excluding carboxylic acids is 1. The molecule has 0 fully saturated rings. The van der Waals surface area contributed by atoms with Crippen LogP contribution in [0, 0.1) is 11.7 Å². The first kappa shape index (κ1) is 15.3. The number of rotatable bonds is 6. The Morgan fingerprint density at radius 2 is 2.22 bits per heavy atom. The van der Waals surface area contributed by atoms with Crippen LogP contribution in [0.2, 0.25) is 5.02 Å². The minimum absolute atomic E-state index is 0.0183. The van der Waals surface area contributed by atoms with E-state index >= 15 is 0 Å². The third-order valence-corrected chi connectivity index (χ3v) is 3.36. The van der Waals surface area contributed by atoms with E-state index in [-0.39, 0.29) is 10.6 Å². The second kappa shape index (κ2) is 7.59. The van der Waals surface area contributed by atoms with Gasteiger partial charge in [0.25, 0.3) is 5.91 Å². The predicted octanol–water partition coefficient (Wildman–Crippen LogP) is 3.86. The van der Waals surface area contributed by atoms with Gasteiger partial charge in [0.1, 0.15) is 5.82 Å². The zero-order valence-electron chi connectivity index (χ0n) is 10.2. The number of carbonyl (C=O) groups is 1. The molecule has 0 spiro atoms. The van der Waals surface area contributed by atoms with E-state index in [1.807, 2.05) is 6.92 Å². The standard InChI is InChI=1S/C13H16Cl2FNO/c1-9(8-14)3-2-6-17-13(18)11-5-4-10(15)7-12(11)16/h4-5,7,9H,2-3,6,8H2,1H3,(H,17,18). The highest BCUT2D eigenvalue weighted by Gasteiger charge is 2.11. The fourth-order valence-corrected chi connectivity index (χ4v) is 1.81. The maximum absolute atomic E-state index is 13.4. The quantitative estimate of drug-likeness (QED) is 0.626. The highest BCUT2D eigenvalue weighted by atomic mass is 35.5. The predicted molar refractivity (Wildman–Crippen MR) is 72.9 cm³/mol. The number of halogens is 3. The summed E-state index contributed by atoms with van der Waals surface area (Å²) in [4.78, 5) is 11.7. The van der Waals surface area contributed by atoms with Crippen molar-refractivity contribution < 1.29 is 9.18 Å². The summed E-state index contributed by atoms with van der Waals surface area (Å²) in [6.45, 7) is 2.57. The fraction of sp³-hybridized carbons (Fsp3) is 0.462. The van der Waals surface area contributed by atoms with Crippen molar-refractivity contribution in [1.82, 2.24) is 5.32 Å². The molecular weight excluding hydrogens is 276 g/mol. The van der Waals surface area contributed by atoms with Gasteiger partial charge in [0.2, 0.25) is 0 Å². The van der Waals surface area contributed by atoms with Gasteiger partial charge in [-0.15, -0.1) is 11.6 Å². The molecule has 1 aromatic carbocycles. The summed E-state index contributed by atoms with van der Waals surface area (Å²) in [6.07, 6.45) is 1.77. The van der Waals surface area contributed by atoms with E-state index in [1.165, 1.54) is 12.1 Å². The molecule has 0 saturated carbocycles. The van der Waals surface area contributed by atoms with Gasteiger partial charge in [-0.1, -0.05) is 18.5 Å². The van der Waals surface area contributed by atoms with Gasteiger partial charge in [-0.25, -0.2) is 4.39 Å². The summed E-state index contributed by atoms with van der Waals surface area (Å²) in [5, 5.41) is 2.95. The molecule has 0 heterocycles. The SMILES string of the molecule is CC(CCl)CCCNC(=O)c1ccc(Cl)cc1F. The maximum atomic E-state index is 13.4. The van der Waals surface area contributed by atoms with E-state index in [0.717, 1.165) is 18.9 Å². The molecule has 1 atom stereocenters. The molecule has 0 saturated heterocycles. The van der Waals surface area contributed by atoms with E-state index < -0.39 is 11.7 Å². The van der Waals surface area contributed by atoms with Gasteiger partial charge in [-0.2, -0.15) is 0 Å². The molecule has 0 aliphatic heterocycles. The average Bonchev–Trinajstić information content (AvgIpc) is 2.34. The molecular formula is C13H16Cl2FNO. The lowest BCUT2D eigenvalue weighted by atomic mass is 10.1. The van der Waals surface area contributed by atoms with Gasteiger partial charge >= 0.3 is 0 Å². The highest BCUT2D eigenvalue weighted by Crippen LogP contribution is 2.14. The van der Waals surface area contributed by atoms with Gasteiger partial charge in [-0.3, -0.25) is 4.79 Å². The van der Waals surface area contributed by atoms with Crippen LogP contribution in [0.3, 0.4) is 0 Å². The van der Waals surface area contributed by atoms with Crippen LogP contribution >= 0.6 is 23.2 Å². The number of alkyl halides is 1. The van der Waals surface area contributed by atoms with Gasteiger partial charge in [0, 0.05) is 17.4 Å². The maximum Gasteiger partial charge on any atom is 0.254 e. The van der Waals surface area contributed by atoms with Crippen molar-refractivity contribution in [2.75, 3.05) is 12.4 Å². The molecule has 1 rings (SSSR count). The molecule has 5 heteroatoms. The monoisotopic (exact) mass is 291 g/mol. The van der Waals surface area contributed by atoms with Crippen LogP contribution in [0.25, 0.3) is 0 Å². The summed E-state index contributed by atoms with van der Waals surface area (Å²) in [6, 6.07) is 4.01. The Morgan fingerprint density at radius 1 is 1.50 bits per heavy atom. The first-order valence-corrected chi connectivity index (χ1v) is 6.75. The van der Waals surface area contributed by atoms with Gasteiger partial charge < -0.3 is 5.32 Å². The van der Waals surface area contributed by atoms with Crippen molar-refractivity contribution in [2.45, 2.75) is 19.8 Å². The lowest BCUT2D eigenvalue weighted by Crippen LogP contribution is -2.25. The van der Waals surface area contributed by atoms with Crippen LogP contribution in [0.15, 0.2) is 18.2 Å².